The molecule has 2 rings (SSSR count). The van der Waals surface area contributed by atoms with E-state index >= 15 is 0 Å². The van der Waals surface area contributed by atoms with E-state index in [9.17, 15) is 18.0 Å². The van der Waals surface area contributed by atoms with Gasteiger partial charge in [0, 0.05) is 18.7 Å². The molecule has 1 aromatic rings. The Kier molecular flexibility index (Phi) is 4.12. The van der Waals surface area contributed by atoms with Crippen LogP contribution in [0.5, 0.6) is 0 Å². The van der Waals surface area contributed by atoms with Gasteiger partial charge in [0.15, 0.2) is 17.5 Å². The molecule has 1 aliphatic rings. The lowest BCUT2D eigenvalue weighted by Crippen LogP contribution is -2.32. The summed E-state index contributed by atoms with van der Waals surface area (Å²) in [7, 11) is 0. The van der Waals surface area contributed by atoms with Gasteiger partial charge in [-0.15, -0.1) is 0 Å². The number of hydrogen-bond donors (Lipinski definition) is 0. The van der Waals surface area contributed by atoms with E-state index in [2.05, 4.69) is 6.92 Å². The molecule has 1 saturated heterocycles. The summed E-state index contributed by atoms with van der Waals surface area (Å²) >= 11 is 0. The number of likely N-dealkylation sites (tertiary alicyclic amines) is 1. The number of carbonyl (C=O) groups excluding carboxylic acids is 1. The number of halogens is 3. The maximum Gasteiger partial charge on any atom is 0.254 e. The Morgan fingerprint density at radius 1 is 1.16 bits per heavy atom. The minimum Gasteiger partial charge on any atom is -0.339 e. The maximum absolute atomic E-state index is 13.1. The maximum atomic E-state index is 13.1. The fourth-order valence-electron chi connectivity index (χ4n) is 2.33. The van der Waals surface area contributed by atoms with Crippen molar-refractivity contribution in [2.75, 3.05) is 13.1 Å². The summed E-state index contributed by atoms with van der Waals surface area (Å²) in [5, 5.41) is 0. The molecule has 0 saturated carbocycles. The summed E-state index contributed by atoms with van der Waals surface area (Å²) in [6, 6.07) is 1.52. The van der Waals surface area contributed by atoms with Crippen LogP contribution in [-0.4, -0.2) is 23.9 Å². The number of benzene rings is 1. The van der Waals surface area contributed by atoms with E-state index in [4.69, 9.17) is 0 Å². The van der Waals surface area contributed by atoms with Crippen molar-refractivity contribution in [2.24, 2.45) is 5.92 Å². The quantitative estimate of drug-likeness (QED) is 0.717. The lowest BCUT2D eigenvalue weighted by molar-refractivity contribution is 0.0759. The molecule has 1 heterocycles. The van der Waals surface area contributed by atoms with Gasteiger partial charge in [-0.2, -0.15) is 0 Å². The molecule has 1 aromatic carbocycles. The highest BCUT2D eigenvalue weighted by Gasteiger charge is 2.22. The third-order valence-corrected chi connectivity index (χ3v) is 3.53. The second kappa shape index (κ2) is 5.63. The smallest absolute Gasteiger partial charge is 0.254 e. The largest absolute Gasteiger partial charge is 0.339 e. The predicted molar refractivity (Wildman–Crippen MR) is 65.2 cm³/mol. The Morgan fingerprint density at radius 2 is 1.79 bits per heavy atom. The van der Waals surface area contributed by atoms with Gasteiger partial charge in [0.1, 0.15) is 0 Å². The standard InChI is InChI=1S/C14H16F3NO/c1-9-3-2-5-18(6-4-9)14(19)10-7-11(15)13(17)12(16)8-10/h7-9H,2-6H2,1H3. The van der Waals surface area contributed by atoms with Gasteiger partial charge >= 0.3 is 0 Å². The number of rotatable bonds is 1. The van der Waals surface area contributed by atoms with E-state index < -0.39 is 23.4 Å². The molecule has 1 aliphatic heterocycles. The molecule has 0 aromatic heterocycles. The summed E-state index contributed by atoms with van der Waals surface area (Å²) in [5.74, 6) is -4.09. The molecule has 0 spiro atoms. The SMILES string of the molecule is CC1CCCN(C(=O)c2cc(F)c(F)c(F)c2)CC1. The molecule has 0 aliphatic carbocycles. The Balaban J connectivity index is 2.19. The summed E-state index contributed by atoms with van der Waals surface area (Å²) in [6.45, 7) is 3.26. The van der Waals surface area contributed by atoms with Crippen molar-refractivity contribution in [1.82, 2.24) is 4.90 Å². The number of nitrogens with zero attached hydrogens (tertiary/aromatic N) is 1. The molecule has 5 heteroatoms. The first kappa shape index (κ1) is 13.9. The number of amides is 1. The lowest BCUT2D eigenvalue weighted by Gasteiger charge is -2.20. The first-order valence-electron chi connectivity index (χ1n) is 6.43. The van der Waals surface area contributed by atoms with Gasteiger partial charge in [-0.1, -0.05) is 6.92 Å². The van der Waals surface area contributed by atoms with Crippen molar-refractivity contribution in [3.05, 3.63) is 35.1 Å². The van der Waals surface area contributed by atoms with Gasteiger partial charge in [0.2, 0.25) is 0 Å². The second-order valence-electron chi connectivity index (χ2n) is 5.08. The van der Waals surface area contributed by atoms with Crippen molar-refractivity contribution in [1.29, 1.82) is 0 Å². The zero-order valence-electron chi connectivity index (χ0n) is 10.8. The average Bonchev–Trinajstić information content (AvgIpc) is 2.59. The summed E-state index contributed by atoms with van der Waals surface area (Å²) in [5.41, 5.74) is -0.133. The van der Waals surface area contributed by atoms with Crippen LogP contribution in [0.15, 0.2) is 12.1 Å². The van der Waals surface area contributed by atoms with Crippen LogP contribution in [-0.2, 0) is 0 Å². The van der Waals surface area contributed by atoms with E-state index in [0.29, 0.717) is 19.0 Å². The third-order valence-electron chi connectivity index (χ3n) is 3.53. The summed E-state index contributed by atoms with van der Waals surface area (Å²) in [6.07, 6.45) is 2.78. The predicted octanol–water partition coefficient (Wildman–Crippen LogP) is 3.37. The van der Waals surface area contributed by atoms with Gasteiger partial charge in [-0.3, -0.25) is 4.79 Å². The molecule has 1 unspecified atom stereocenters. The Hall–Kier alpha value is -1.52. The molecule has 0 N–H and O–H groups in total. The van der Waals surface area contributed by atoms with Crippen LogP contribution in [0, 0.1) is 23.4 Å². The molecule has 2 nitrogen and oxygen atoms in total. The van der Waals surface area contributed by atoms with Gasteiger partial charge in [-0.05, 0) is 37.3 Å². The van der Waals surface area contributed by atoms with E-state index in [1.807, 2.05) is 0 Å². The minimum atomic E-state index is -1.54. The molecule has 19 heavy (non-hydrogen) atoms. The van der Waals surface area contributed by atoms with Gasteiger partial charge < -0.3 is 4.90 Å². The van der Waals surface area contributed by atoms with Crippen LogP contribution in [0.1, 0.15) is 36.5 Å². The summed E-state index contributed by atoms with van der Waals surface area (Å²) in [4.78, 5) is 13.7. The minimum absolute atomic E-state index is 0.133. The topological polar surface area (TPSA) is 20.3 Å². The molecule has 1 fully saturated rings. The molecule has 104 valence electrons. The zero-order chi connectivity index (χ0) is 14.0. The van der Waals surface area contributed by atoms with E-state index in [1.54, 1.807) is 4.90 Å². The van der Waals surface area contributed by atoms with Crippen LogP contribution < -0.4 is 0 Å². The molecule has 0 radical (unpaired) electrons. The second-order valence-corrected chi connectivity index (χ2v) is 5.08. The average molecular weight is 271 g/mol. The van der Waals surface area contributed by atoms with Crippen LogP contribution in [0.25, 0.3) is 0 Å². The summed E-state index contributed by atoms with van der Waals surface area (Å²) < 4.78 is 39.1. The van der Waals surface area contributed by atoms with Crippen molar-refractivity contribution in [3.8, 4) is 0 Å². The lowest BCUT2D eigenvalue weighted by atomic mass is 10.0. The Morgan fingerprint density at radius 3 is 2.42 bits per heavy atom. The molecular weight excluding hydrogens is 255 g/mol. The molecular formula is C14H16F3NO. The van der Waals surface area contributed by atoms with Crippen LogP contribution in [0.3, 0.4) is 0 Å². The van der Waals surface area contributed by atoms with Gasteiger partial charge in [0.05, 0.1) is 0 Å². The van der Waals surface area contributed by atoms with Crippen LogP contribution in [0.4, 0.5) is 13.2 Å². The fourth-order valence-corrected chi connectivity index (χ4v) is 2.33. The van der Waals surface area contributed by atoms with Gasteiger partial charge in [-0.25, -0.2) is 13.2 Å². The highest BCUT2D eigenvalue weighted by atomic mass is 19.2. The van der Waals surface area contributed by atoms with Crippen LogP contribution >= 0.6 is 0 Å². The molecule has 1 atom stereocenters. The van der Waals surface area contributed by atoms with Gasteiger partial charge in [0.25, 0.3) is 5.91 Å². The van der Waals surface area contributed by atoms with Crippen molar-refractivity contribution >= 4 is 5.91 Å². The van der Waals surface area contributed by atoms with Crippen LogP contribution in [0.2, 0.25) is 0 Å². The molecule has 0 bridgehead atoms. The fraction of sp³-hybridized carbons (Fsp3) is 0.500. The highest BCUT2D eigenvalue weighted by molar-refractivity contribution is 5.94. The zero-order valence-corrected chi connectivity index (χ0v) is 10.8. The van der Waals surface area contributed by atoms with Crippen molar-refractivity contribution < 1.29 is 18.0 Å². The first-order valence-corrected chi connectivity index (χ1v) is 6.43. The number of hydrogen-bond acceptors (Lipinski definition) is 1. The van der Waals surface area contributed by atoms with Crippen molar-refractivity contribution in [3.63, 3.8) is 0 Å². The molecule has 1 amide bonds. The highest BCUT2D eigenvalue weighted by Crippen LogP contribution is 2.20. The first-order chi connectivity index (χ1) is 8.99. The number of carbonyl (C=O) groups is 1. The third kappa shape index (κ3) is 3.08. The monoisotopic (exact) mass is 271 g/mol. The van der Waals surface area contributed by atoms with E-state index in [1.165, 1.54) is 0 Å². The normalized spacial score (nSPS) is 20.2. The Bertz CT molecular complexity index is 467. The van der Waals surface area contributed by atoms with E-state index in [-0.39, 0.29) is 5.56 Å². The van der Waals surface area contributed by atoms with E-state index in [0.717, 1.165) is 31.4 Å². The Labute approximate surface area is 110 Å². The van der Waals surface area contributed by atoms with Crippen molar-refractivity contribution in [2.45, 2.75) is 26.2 Å².